The Labute approximate surface area is 143 Å². The number of hydrogen-bond donors (Lipinski definition) is 1. The zero-order chi connectivity index (χ0) is 15.9. The first-order valence-electron chi connectivity index (χ1n) is 8.12. The fraction of sp³-hybridized carbons (Fsp3) is 0.158. The van der Waals surface area contributed by atoms with Gasteiger partial charge in [-0.1, -0.05) is 24.3 Å². The summed E-state index contributed by atoms with van der Waals surface area (Å²) in [6, 6.07) is 16.6. The molecule has 118 valence electrons. The average molecular weight is 332 g/mol. The lowest BCUT2D eigenvalue weighted by Crippen LogP contribution is -2.24. The summed E-state index contributed by atoms with van der Waals surface area (Å²) in [5.41, 5.74) is 4.67. The van der Waals surface area contributed by atoms with Crippen LogP contribution in [0.5, 0.6) is 0 Å². The molecule has 0 unspecified atom stereocenters. The van der Waals surface area contributed by atoms with Gasteiger partial charge in [0.1, 0.15) is 5.69 Å². The van der Waals surface area contributed by atoms with Crippen molar-refractivity contribution in [2.24, 2.45) is 0 Å². The van der Waals surface area contributed by atoms with Crippen molar-refractivity contribution in [3.63, 3.8) is 0 Å². The van der Waals surface area contributed by atoms with E-state index in [1.54, 1.807) is 11.3 Å². The van der Waals surface area contributed by atoms with Crippen LogP contribution in [0, 0.1) is 0 Å². The van der Waals surface area contributed by atoms with Crippen molar-refractivity contribution in [3.05, 3.63) is 65.2 Å². The Morgan fingerprint density at radius 1 is 1.04 bits per heavy atom. The first-order valence-corrected chi connectivity index (χ1v) is 9.00. The van der Waals surface area contributed by atoms with Crippen molar-refractivity contribution < 1.29 is 0 Å². The SMILES string of the molecule is c1csc(-c2nn(-c3ccc4ccccc4n3)c3c2CNCC3)c1. The molecule has 0 atom stereocenters. The van der Waals surface area contributed by atoms with Gasteiger partial charge in [-0.25, -0.2) is 9.67 Å². The second-order valence-corrected chi connectivity index (χ2v) is 6.90. The summed E-state index contributed by atoms with van der Waals surface area (Å²) in [6.45, 7) is 1.85. The van der Waals surface area contributed by atoms with E-state index in [4.69, 9.17) is 10.1 Å². The summed E-state index contributed by atoms with van der Waals surface area (Å²) in [5, 5.41) is 11.7. The number of rotatable bonds is 2. The van der Waals surface area contributed by atoms with Gasteiger partial charge in [-0.3, -0.25) is 0 Å². The number of fused-ring (bicyclic) bond motifs is 2. The molecule has 0 saturated heterocycles. The van der Waals surface area contributed by atoms with E-state index >= 15 is 0 Å². The third kappa shape index (κ3) is 2.17. The van der Waals surface area contributed by atoms with Crippen molar-refractivity contribution in [1.82, 2.24) is 20.1 Å². The van der Waals surface area contributed by atoms with Gasteiger partial charge in [0.05, 0.1) is 16.1 Å². The van der Waals surface area contributed by atoms with Crippen LogP contribution >= 0.6 is 11.3 Å². The number of thiophene rings is 1. The number of para-hydroxylation sites is 1. The molecule has 4 nitrogen and oxygen atoms in total. The van der Waals surface area contributed by atoms with E-state index in [1.165, 1.54) is 16.1 Å². The Morgan fingerprint density at radius 2 is 2.00 bits per heavy atom. The van der Waals surface area contributed by atoms with Crippen LogP contribution in [0.2, 0.25) is 0 Å². The Kier molecular flexibility index (Phi) is 3.21. The molecule has 0 saturated carbocycles. The molecule has 0 radical (unpaired) electrons. The Morgan fingerprint density at radius 3 is 2.92 bits per heavy atom. The van der Waals surface area contributed by atoms with Gasteiger partial charge >= 0.3 is 0 Å². The fourth-order valence-electron chi connectivity index (χ4n) is 3.32. The summed E-state index contributed by atoms with van der Waals surface area (Å²) < 4.78 is 2.04. The molecule has 1 aliphatic heterocycles. The molecule has 0 spiro atoms. The molecule has 1 N–H and O–H groups in total. The highest BCUT2D eigenvalue weighted by Gasteiger charge is 2.23. The monoisotopic (exact) mass is 332 g/mol. The summed E-state index contributed by atoms with van der Waals surface area (Å²) in [5.74, 6) is 0.898. The molecule has 0 amide bonds. The first-order chi connectivity index (χ1) is 11.9. The van der Waals surface area contributed by atoms with Gasteiger partial charge in [-0.2, -0.15) is 5.10 Å². The lowest BCUT2D eigenvalue weighted by Gasteiger charge is -2.15. The molecule has 4 aromatic rings. The van der Waals surface area contributed by atoms with Crippen molar-refractivity contribution in [2.45, 2.75) is 13.0 Å². The summed E-state index contributed by atoms with van der Waals surface area (Å²) >= 11 is 1.74. The molecule has 5 rings (SSSR count). The number of nitrogens with zero attached hydrogens (tertiary/aromatic N) is 3. The van der Waals surface area contributed by atoms with Crippen LogP contribution in [0.25, 0.3) is 27.3 Å². The largest absolute Gasteiger partial charge is 0.312 e. The van der Waals surface area contributed by atoms with E-state index < -0.39 is 0 Å². The molecule has 1 aromatic carbocycles. The maximum atomic E-state index is 4.94. The van der Waals surface area contributed by atoms with Crippen molar-refractivity contribution >= 4 is 22.2 Å². The first kappa shape index (κ1) is 13.9. The van der Waals surface area contributed by atoms with Crippen LogP contribution in [0.3, 0.4) is 0 Å². The molecule has 1 aliphatic rings. The smallest absolute Gasteiger partial charge is 0.154 e. The minimum absolute atomic E-state index is 0.871. The summed E-state index contributed by atoms with van der Waals surface area (Å²) in [6.07, 6.45) is 0.974. The Hall–Kier alpha value is -2.50. The summed E-state index contributed by atoms with van der Waals surface area (Å²) in [7, 11) is 0. The zero-order valence-electron chi connectivity index (χ0n) is 13.1. The normalized spacial score (nSPS) is 14.0. The fourth-order valence-corrected chi connectivity index (χ4v) is 4.06. The van der Waals surface area contributed by atoms with Crippen LogP contribution in [-0.2, 0) is 13.0 Å². The summed E-state index contributed by atoms with van der Waals surface area (Å²) in [4.78, 5) is 6.05. The van der Waals surface area contributed by atoms with E-state index in [1.807, 2.05) is 16.8 Å². The maximum absolute atomic E-state index is 4.94. The van der Waals surface area contributed by atoms with E-state index in [2.05, 4.69) is 47.1 Å². The lowest BCUT2D eigenvalue weighted by atomic mass is 10.1. The van der Waals surface area contributed by atoms with Gasteiger partial charge in [0.15, 0.2) is 5.82 Å². The Balaban J connectivity index is 1.72. The van der Waals surface area contributed by atoms with Crippen molar-refractivity contribution in [2.75, 3.05) is 6.54 Å². The number of aromatic nitrogens is 3. The van der Waals surface area contributed by atoms with Gasteiger partial charge in [0.25, 0.3) is 0 Å². The highest BCUT2D eigenvalue weighted by molar-refractivity contribution is 7.13. The van der Waals surface area contributed by atoms with E-state index in [0.29, 0.717) is 0 Å². The number of pyridine rings is 1. The molecule has 4 heterocycles. The Bertz CT molecular complexity index is 1020. The van der Waals surface area contributed by atoms with E-state index in [-0.39, 0.29) is 0 Å². The minimum Gasteiger partial charge on any atom is -0.312 e. The average Bonchev–Trinajstić information content (AvgIpc) is 3.29. The molecule has 0 aliphatic carbocycles. The van der Waals surface area contributed by atoms with Gasteiger partial charge in [0.2, 0.25) is 0 Å². The molecule has 24 heavy (non-hydrogen) atoms. The second kappa shape index (κ2) is 5.54. The highest BCUT2D eigenvalue weighted by Crippen LogP contribution is 2.32. The second-order valence-electron chi connectivity index (χ2n) is 5.95. The van der Waals surface area contributed by atoms with Crippen LogP contribution < -0.4 is 5.32 Å². The van der Waals surface area contributed by atoms with E-state index in [0.717, 1.165) is 41.9 Å². The van der Waals surface area contributed by atoms with Gasteiger partial charge in [-0.05, 0) is 29.6 Å². The van der Waals surface area contributed by atoms with Gasteiger partial charge in [0, 0.05) is 30.5 Å². The minimum atomic E-state index is 0.871. The molecular weight excluding hydrogens is 316 g/mol. The van der Waals surface area contributed by atoms with E-state index in [9.17, 15) is 0 Å². The highest BCUT2D eigenvalue weighted by atomic mass is 32.1. The maximum Gasteiger partial charge on any atom is 0.154 e. The molecule has 0 fully saturated rings. The quantitative estimate of drug-likeness (QED) is 0.607. The zero-order valence-corrected chi connectivity index (χ0v) is 13.9. The topological polar surface area (TPSA) is 42.7 Å². The number of nitrogens with one attached hydrogen (secondary N) is 1. The lowest BCUT2D eigenvalue weighted by molar-refractivity contribution is 0.621. The third-order valence-corrected chi connectivity index (χ3v) is 5.36. The standard InChI is InChI=1S/C19H16N4S/c1-2-5-15-13(4-1)7-8-18(21-15)23-16-9-10-20-12-14(16)19(22-23)17-6-3-11-24-17/h1-8,11,20H,9-10,12H2. The van der Waals surface area contributed by atoms with Gasteiger partial charge in [-0.15, -0.1) is 11.3 Å². The van der Waals surface area contributed by atoms with Crippen LogP contribution in [-0.4, -0.2) is 21.3 Å². The molecule has 3 aromatic heterocycles. The van der Waals surface area contributed by atoms with Crippen molar-refractivity contribution in [3.8, 4) is 16.4 Å². The third-order valence-electron chi connectivity index (χ3n) is 4.49. The number of hydrogen-bond acceptors (Lipinski definition) is 4. The number of benzene rings is 1. The van der Waals surface area contributed by atoms with Crippen LogP contribution in [0.15, 0.2) is 53.9 Å². The molecule has 5 heteroatoms. The van der Waals surface area contributed by atoms with Crippen LogP contribution in [0.4, 0.5) is 0 Å². The predicted octanol–water partition coefficient (Wildman–Crippen LogP) is 3.79. The van der Waals surface area contributed by atoms with Crippen LogP contribution in [0.1, 0.15) is 11.3 Å². The predicted molar refractivity (Wildman–Crippen MR) is 97.6 cm³/mol. The molecule has 0 bridgehead atoms. The van der Waals surface area contributed by atoms with Gasteiger partial charge < -0.3 is 5.32 Å². The molecular formula is C19H16N4S. The van der Waals surface area contributed by atoms with Crippen molar-refractivity contribution in [1.29, 1.82) is 0 Å².